The van der Waals surface area contributed by atoms with E-state index in [0.29, 0.717) is 5.41 Å². The molecule has 0 aliphatic rings. The first-order valence-corrected chi connectivity index (χ1v) is 8.85. The molecule has 0 aromatic rings. The molecule has 0 spiro atoms. The lowest BCUT2D eigenvalue weighted by molar-refractivity contribution is 0.308. The Hall–Kier alpha value is 0. The van der Waals surface area contributed by atoms with Crippen molar-refractivity contribution in [2.24, 2.45) is 11.3 Å². The lowest BCUT2D eigenvalue weighted by Crippen LogP contribution is -2.08. The summed E-state index contributed by atoms with van der Waals surface area (Å²) in [5, 5.41) is 0. The third-order valence-corrected chi connectivity index (χ3v) is 2.66. The predicted octanol–water partition coefficient (Wildman–Crippen LogP) is 8.11. The zero-order valence-electron chi connectivity index (χ0n) is 16.3. The molecule has 0 fully saturated rings. The summed E-state index contributed by atoms with van der Waals surface area (Å²) >= 11 is 0. The van der Waals surface area contributed by atoms with Crippen molar-refractivity contribution in [3.8, 4) is 0 Å². The summed E-state index contributed by atoms with van der Waals surface area (Å²) in [6.45, 7) is 23.8. The lowest BCUT2D eigenvalue weighted by atomic mass is 9.84. The first-order chi connectivity index (χ1) is 8.85. The van der Waals surface area contributed by atoms with E-state index >= 15 is 0 Å². The summed E-state index contributed by atoms with van der Waals surface area (Å²) in [5.41, 5.74) is 0.591. The third-order valence-electron chi connectivity index (χ3n) is 2.66. The summed E-state index contributed by atoms with van der Waals surface area (Å²) in [6.07, 6.45) is 8.35. The van der Waals surface area contributed by atoms with Crippen LogP contribution >= 0.6 is 0 Å². The summed E-state index contributed by atoms with van der Waals surface area (Å²) in [5.74, 6) is 0.833. The predicted molar refractivity (Wildman–Crippen MR) is 96.0 cm³/mol. The molecule has 0 nitrogen and oxygen atoms in total. The van der Waals surface area contributed by atoms with E-state index in [0.717, 1.165) is 5.92 Å². The van der Waals surface area contributed by atoms with Crippen molar-refractivity contribution in [1.82, 2.24) is 0 Å². The maximum Gasteiger partial charge on any atom is -0.0357 e. The molecule has 0 aromatic heterocycles. The van der Waals surface area contributed by atoms with Crippen LogP contribution in [0.15, 0.2) is 0 Å². The van der Waals surface area contributed by atoms with E-state index in [1.165, 1.54) is 38.5 Å². The molecular weight excluding hydrogens is 228 g/mol. The van der Waals surface area contributed by atoms with Gasteiger partial charge in [0.15, 0.2) is 0 Å². The van der Waals surface area contributed by atoms with E-state index in [9.17, 15) is 0 Å². The molecule has 122 valence electrons. The second kappa shape index (κ2) is 23.1. The van der Waals surface area contributed by atoms with Gasteiger partial charge in [0.05, 0.1) is 0 Å². The zero-order chi connectivity index (χ0) is 16.3. The van der Waals surface area contributed by atoms with Gasteiger partial charge in [0, 0.05) is 0 Å². The Morgan fingerprint density at radius 3 is 1.37 bits per heavy atom. The van der Waals surface area contributed by atoms with Crippen LogP contribution in [0.3, 0.4) is 0 Å². The molecule has 0 unspecified atom stereocenters. The van der Waals surface area contributed by atoms with Gasteiger partial charge in [-0.1, -0.05) is 108 Å². The molecule has 0 saturated carbocycles. The van der Waals surface area contributed by atoms with Gasteiger partial charge in [-0.15, -0.1) is 0 Å². The molecule has 0 bridgehead atoms. The Morgan fingerprint density at radius 1 is 0.737 bits per heavy atom. The zero-order valence-corrected chi connectivity index (χ0v) is 16.3. The first-order valence-electron chi connectivity index (χ1n) is 8.85. The van der Waals surface area contributed by atoms with E-state index in [2.05, 4.69) is 48.5 Å². The fraction of sp³-hybridized carbons (Fsp3) is 1.00. The Balaban J connectivity index is -0.000000118. The molecule has 0 heteroatoms. The van der Waals surface area contributed by atoms with Crippen molar-refractivity contribution in [2.45, 2.75) is 115 Å². The van der Waals surface area contributed by atoms with Crippen LogP contribution in [0.25, 0.3) is 0 Å². The van der Waals surface area contributed by atoms with Crippen LogP contribution < -0.4 is 0 Å². The van der Waals surface area contributed by atoms with Crippen molar-refractivity contribution >= 4 is 0 Å². The van der Waals surface area contributed by atoms with Gasteiger partial charge in [-0.05, 0) is 17.8 Å². The average molecular weight is 275 g/mol. The molecule has 0 N–H and O–H groups in total. The molecule has 0 aromatic carbocycles. The second-order valence-electron chi connectivity index (χ2n) is 6.06. The number of hydrogen-bond donors (Lipinski definition) is 0. The highest BCUT2D eigenvalue weighted by molar-refractivity contribution is 4.65. The average Bonchev–Trinajstić information content (AvgIpc) is 2.39. The Bertz CT molecular complexity index is 108. The highest BCUT2D eigenvalue weighted by Crippen LogP contribution is 2.27. The number of rotatable bonds is 6. The number of hydrogen-bond acceptors (Lipinski definition) is 0. The normalized spacial score (nSPS) is 9.47. The molecule has 0 radical (unpaired) electrons. The highest BCUT2D eigenvalue weighted by Gasteiger charge is 2.13. The smallest absolute Gasteiger partial charge is 0.0357 e. The fourth-order valence-corrected chi connectivity index (χ4v) is 1.21. The molecule has 0 rings (SSSR count). The molecule has 0 heterocycles. The topological polar surface area (TPSA) is 0 Å². The van der Waals surface area contributed by atoms with Crippen LogP contribution in [0.4, 0.5) is 0 Å². The molecule has 0 saturated heterocycles. The molecule has 0 amide bonds. The summed E-state index contributed by atoms with van der Waals surface area (Å²) in [4.78, 5) is 0. The van der Waals surface area contributed by atoms with Crippen molar-refractivity contribution in [1.29, 1.82) is 0 Å². The third kappa shape index (κ3) is 46.1. The van der Waals surface area contributed by atoms with Gasteiger partial charge in [-0.25, -0.2) is 0 Å². The number of unbranched alkanes of at least 4 members (excludes halogenated alkanes) is 3. The minimum absolute atomic E-state index is 0.591. The van der Waals surface area contributed by atoms with Gasteiger partial charge in [0.2, 0.25) is 0 Å². The van der Waals surface area contributed by atoms with Crippen LogP contribution in [-0.4, -0.2) is 0 Å². The van der Waals surface area contributed by atoms with Crippen LogP contribution in [0, 0.1) is 11.3 Å². The SMILES string of the molecule is CC.CC.CC(C)C.CCCCCCC(C)(C)CC. The molecule has 0 aliphatic heterocycles. The minimum Gasteiger partial charge on any atom is -0.0683 e. The Morgan fingerprint density at radius 2 is 1.11 bits per heavy atom. The largest absolute Gasteiger partial charge is 0.0683 e. The first kappa shape index (κ1) is 27.4. The molecule has 0 atom stereocenters. The minimum atomic E-state index is 0.591. The molecule has 0 aliphatic carbocycles. The Labute approximate surface area is 126 Å². The van der Waals surface area contributed by atoms with Gasteiger partial charge in [0.1, 0.15) is 0 Å². The highest BCUT2D eigenvalue weighted by atomic mass is 14.2. The maximum atomic E-state index is 2.37. The van der Waals surface area contributed by atoms with Gasteiger partial charge < -0.3 is 0 Å². The summed E-state index contributed by atoms with van der Waals surface area (Å²) < 4.78 is 0. The van der Waals surface area contributed by atoms with E-state index in [1.807, 2.05) is 27.7 Å². The van der Waals surface area contributed by atoms with Crippen molar-refractivity contribution < 1.29 is 0 Å². The lowest BCUT2D eigenvalue weighted by Gasteiger charge is -2.21. The van der Waals surface area contributed by atoms with Crippen LogP contribution in [0.5, 0.6) is 0 Å². The van der Waals surface area contributed by atoms with E-state index in [4.69, 9.17) is 0 Å². The molecule has 19 heavy (non-hydrogen) atoms. The summed E-state index contributed by atoms with van der Waals surface area (Å²) in [6, 6.07) is 0. The van der Waals surface area contributed by atoms with Crippen molar-refractivity contribution in [3.05, 3.63) is 0 Å². The van der Waals surface area contributed by atoms with Crippen molar-refractivity contribution in [2.75, 3.05) is 0 Å². The summed E-state index contributed by atoms with van der Waals surface area (Å²) in [7, 11) is 0. The van der Waals surface area contributed by atoms with Gasteiger partial charge in [-0.3, -0.25) is 0 Å². The van der Waals surface area contributed by atoms with Gasteiger partial charge in [0.25, 0.3) is 0 Å². The van der Waals surface area contributed by atoms with Gasteiger partial charge >= 0.3 is 0 Å². The van der Waals surface area contributed by atoms with Gasteiger partial charge in [-0.2, -0.15) is 0 Å². The fourth-order valence-electron chi connectivity index (χ4n) is 1.21. The second-order valence-corrected chi connectivity index (χ2v) is 6.06. The van der Waals surface area contributed by atoms with Crippen LogP contribution in [-0.2, 0) is 0 Å². The maximum absolute atomic E-state index is 2.37. The quantitative estimate of drug-likeness (QED) is 0.429. The standard InChI is InChI=1S/C11H24.C4H10.2C2H6/c1-5-7-8-9-10-11(3,4)6-2;1-4(2)3;2*1-2/h5-10H2,1-4H3;4H,1-3H3;2*1-2H3. The monoisotopic (exact) mass is 274 g/mol. The molecular formula is C19H46. The Kier molecular flexibility index (Phi) is 33.3. The van der Waals surface area contributed by atoms with E-state index in [1.54, 1.807) is 0 Å². The van der Waals surface area contributed by atoms with Crippen LogP contribution in [0.2, 0.25) is 0 Å². The van der Waals surface area contributed by atoms with E-state index in [-0.39, 0.29) is 0 Å². The van der Waals surface area contributed by atoms with Crippen molar-refractivity contribution in [3.63, 3.8) is 0 Å². The van der Waals surface area contributed by atoms with E-state index < -0.39 is 0 Å². The van der Waals surface area contributed by atoms with Crippen LogP contribution in [0.1, 0.15) is 115 Å².